The highest BCUT2D eigenvalue weighted by Gasteiger charge is 2.34. The minimum atomic E-state index is -4.63. The maximum atomic E-state index is 13.0. The van der Waals surface area contributed by atoms with Crippen LogP contribution in [0, 0.1) is 6.92 Å². The number of nitrogens with one attached hydrogen (secondary N) is 1. The Balaban J connectivity index is 2.27. The van der Waals surface area contributed by atoms with E-state index in [4.69, 9.17) is 0 Å². The lowest BCUT2D eigenvalue weighted by atomic mass is 10.1. The topological polar surface area (TPSA) is 66.5 Å². The minimum absolute atomic E-state index is 0.172. The van der Waals surface area contributed by atoms with E-state index >= 15 is 0 Å². The number of carbonyl (C=O) groups excluding carboxylic acids is 1. The number of nitrogens with zero attached hydrogens (tertiary/aromatic N) is 1. The number of benzene rings is 2. The Labute approximate surface area is 162 Å². The fourth-order valence-corrected chi connectivity index (χ4v) is 3.95. The number of anilines is 1. The van der Waals surface area contributed by atoms with E-state index in [0.29, 0.717) is 10.4 Å². The van der Waals surface area contributed by atoms with Gasteiger partial charge < -0.3 is 5.32 Å². The van der Waals surface area contributed by atoms with Gasteiger partial charge in [-0.15, -0.1) is 0 Å². The van der Waals surface area contributed by atoms with Crippen LogP contribution < -0.4 is 9.62 Å². The molecule has 1 amide bonds. The Morgan fingerprint density at radius 3 is 2.36 bits per heavy atom. The van der Waals surface area contributed by atoms with Crippen LogP contribution >= 0.6 is 0 Å². The van der Waals surface area contributed by atoms with E-state index in [1.807, 2.05) is 25.1 Å². The number of carbonyl (C=O) groups is 1. The predicted molar refractivity (Wildman–Crippen MR) is 101 cm³/mol. The first-order chi connectivity index (χ1) is 12.9. The van der Waals surface area contributed by atoms with Gasteiger partial charge in [0.15, 0.2) is 0 Å². The summed E-state index contributed by atoms with van der Waals surface area (Å²) in [5, 5.41) is 2.63. The number of amides is 1. The summed E-state index contributed by atoms with van der Waals surface area (Å²) < 4.78 is 64.1. The van der Waals surface area contributed by atoms with Crippen LogP contribution in [-0.4, -0.2) is 26.6 Å². The van der Waals surface area contributed by atoms with Crippen LogP contribution in [0.3, 0.4) is 0 Å². The number of hydrogen-bond donors (Lipinski definition) is 1. The molecular formula is C19H21F3N2O3S. The van der Waals surface area contributed by atoms with E-state index in [1.165, 1.54) is 13.0 Å². The van der Waals surface area contributed by atoms with Crippen molar-refractivity contribution >= 4 is 21.6 Å². The summed E-state index contributed by atoms with van der Waals surface area (Å²) in [5.41, 5.74) is 0.605. The van der Waals surface area contributed by atoms with Crippen molar-refractivity contribution in [2.75, 3.05) is 10.6 Å². The van der Waals surface area contributed by atoms with Gasteiger partial charge in [0.25, 0.3) is 0 Å². The second-order valence-corrected chi connectivity index (χ2v) is 8.35. The van der Waals surface area contributed by atoms with Crippen LogP contribution in [0.15, 0.2) is 48.5 Å². The highest BCUT2D eigenvalue weighted by Crippen LogP contribution is 2.32. The quantitative estimate of drug-likeness (QED) is 0.787. The normalized spacial score (nSPS) is 13.1. The zero-order valence-corrected chi connectivity index (χ0v) is 16.4. The second kappa shape index (κ2) is 8.22. The van der Waals surface area contributed by atoms with Crippen molar-refractivity contribution < 1.29 is 26.4 Å². The molecule has 0 heterocycles. The molecule has 152 valence electrons. The van der Waals surface area contributed by atoms with E-state index in [1.54, 1.807) is 6.07 Å². The number of sulfonamides is 1. The highest BCUT2D eigenvalue weighted by molar-refractivity contribution is 7.92. The maximum absolute atomic E-state index is 13.0. The largest absolute Gasteiger partial charge is 0.416 e. The number of hydrogen-bond acceptors (Lipinski definition) is 3. The number of alkyl halides is 3. The summed E-state index contributed by atoms with van der Waals surface area (Å²) in [6, 6.07) is 10.0. The lowest BCUT2D eigenvalue weighted by Gasteiger charge is -2.28. The van der Waals surface area contributed by atoms with Gasteiger partial charge in [-0.1, -0.05) is 35.9 Å². The SMILES string of the molecule is Cc1cccc(CNC(=O)C(C)N(c2cccc(C(F)(F)F)c2)S(C)(=O)=O)c1. The smallest absolute Gasteiger partial charge is 0.350 e. The molecule has 2 aromatic carbocycles. The predicted octanol–water partition coefficient (Wildman–Crippen LogP) is 3.48. The van der Waals surface area contributed by atoms with Crippen molar-refractivity contribution in [3.8, 4) is 0 Å². The van der Waals surface area contributed by atoms with Gasteiger partial charge in [0.2, 0.25) is 15.9 Å². The molecule has 1 unspecified atom stereocenters. The van der Waals surface area contributed by atoms with Gasteiger partial charge in [0.05, 0.1) is 17.5 Å². The van der Waals surface area contributed by atoms with Crippen molar-refractivity contribution in [2.24, 2.45) is 0 Å². The molecule has 0 aromatic heterocycles. The zero-order chi connectivity index (χ0) is 21.1. The molecular weight excluding hydrogens is 393 g/mol. The molecule has 0 aliphatic carbocycles. The Morgan fingerprint density at radius 1 is 1.14 bits per heavy atom. The van der Waals surface area contributed by atoms with Crippen molar-refractivity contribution in [1.29, 1.82) is 0 Å². The number of aryl methyl sites for hydroxylation is 1. The molecule has 0 aliphatic heterocycles. The highest BCUT2D eigenvalue weighted by atomic mass is 32.2. The van der Waals surface area contributed by atoms with Gasteiger partial charge in [-0.2, -0.15) is 13.2 Å². The van der Waals surface area contributed by atoms with E-state index in [0.717, 1.165) is 29.5 Å². The lowest BCUT2D eigenvalue weighted by molar-refractivity contribution is -0.137. The Hall–Kier alpha value is -2.55. The molecule has 1 N–H and O–H groups in total. The molecule has 2 aromatic rings. The van der Waals surface area contributed by atoms with Crippen LogP contribution in [0.1, 0.15) is 23.6 Å². The molecule has 0 aliphatic rings. The van der Waals surface area contributed by atoms with Crippen molar-refractivity contribution in [3.63, 3.8) is 0 Å². The van der Waals surface area contributed by atoms with Gasteiger partial charge in [-0.05, 0) is 37.6 Å². The summed E-state index contributed by atoms with van der Waals surface area (Å²) in [5.74, 6) is -0.621. The summed E-state index contributed by atoms with van der Waals surface area (Å²) in [4.78, 5) is 12.5. The van der Waals surface area contributed by atoms with E-state index in [-0.39, 0.29) is 12.2 Å². The van der Waals surface area contributed by atoms with Gasteiger partial charge in [0, 0.05) is 6.54 Å². The van der Waals surface area contributed by atoms with Crippen LogP contribution in [0.2, 0.25) is 0 Å². The molecule has 0 spiro atoms. The Morgan fingerprint density at radius 2 is 1.79 bits per heavy atom. The molecule has 0 saturated carbocycles. The van der Waals surface area contributed by atoms with Crippen molar-refractivity contribution in [3.05, 3.63) is 65.2 Å². The molecule has 0 radical (unpaired) electrons. The van der Waals surface area contributed by atoms with Crippen LogP contribution in [0.25, 0.3) is 0 Å². The average molecular weight is 414 g/mol. The van der Waals surface area contributed by atoms with E-state index in [9.17, 15) is 26.4 Å². The maximum Gasteiger partial charge on any atom is 0.416 e. The molecule has 5 nitrogen and oxygen atoms in total. The third-order valence-corrected chi connectivity index (χ3v) is 5.31. The molecule has 0 fully saturated rings. The van der Waals surface area contributed by atoms with Gasteiger partial charge in [0.1, 0.15) is 6.04 Å². The molecule has 0 bridgehead atoms. The van der Waals surface area contributed by atoms with Crippen LogP contribution in [-0.2, 0) is 27.5 Å². The Bertz CT molecular complexity index is 959. The first-order valence-electron chi connectivity index (χ1n) is 8.39. The monoisotopic (exact) mass is 414 g/mol. The van der Waals surface area contributed by atoms with E-state index < -0.39 is 33.7 Å². The summed E-state index contributed by atoms with van der Waals surface area (Å²) >= 11 is 0. The van der Waals surface area contributed by atoms with Crippen LogP contribution in [0.5, 0.6) is 0 Å². The minimum Gasteiger partial charge on any atom is -0.350 e. The first-order valence-corrected chi connectivity index (χ1v) is 10.2. The fraction of sp³-hybridized carbons (Fsp3) is 0.316. The third-order valence-electron chi connectivity index (χ3n) is 4.07. The van der Waals surface area contributed by atoms with E-state index in [2.05, 4.69) is 5.32 Å². The van der Waals surface area contributed by atoms with Gasteiger partial charge >= 0.3 is 6.18 Å². The number of rotatable bonds is 6. The average Bonchev–Trinajstić information content (AvgIpc) is 2.58. The molecule has 1 atom stereocenters. The van der Waals surface area contributed by atoms with Gasteiger partial charge in [-0.3, -0.25) is 9.10 Å². The molecule has 0 saturated heterocycles. The summed E-state index contributed by atoms with van der Waals surface area (Å²) in [6.07, 6.45) is -3.78. The third kappa shape index (κ3) is 5.48. The van der Waals surface area contributed by atoms with Crippen molar-refractivity contribution in [2.45, 2.75) is 32.6 Å². The summed E-state index contributed by atoms with van der Waals surface area (Å²) in [6.45, 7) is 3.39. The second-order valence-electron chi connectivity index (χ2n) is 6.49. The Kier molecular flexibility index (Phi) is 6.38. The molecule has 2 rings (SSSR count). The molecule has 28 heavy (non-hydrogen) atoms. The fourth-order valence-electron chi connectivity index (χ4n) is 2.79. The summed E-state index contributed by atoms with van der Waals surface area (Å²) in [7, 11) is -4.01. The first kappa shape index (κ1) is 21.7. The standard InChI is InChI=1S/C19H21F3N2O3S/c1-13-6-4-7-15(10-13)12-23-18(25)14(2)24(28(3,26)27)17-9-5-8-16(11-17)19(20,21)22/h4-11,14H,12H2,1-3H3,(H,23,25). The number of halogens is 3. The molecule has 9 heteroatoms. The zero-order valence-electron chi connectivity index (χ0n) is 15.6. The lowest BCUT2D eigenvalue weighted by Crippen LogP contribution is -2.47. The van der Waals surface area contributed by atoms with Gasteiger partial charge in [-0.25, -0.2) is 8.42 Å². The van der Waals surface area contributed by atoms with Crippen molar-refractivity contribution in [1.82, 2.24) is 5.32 Å². The van der Waals surface area contributed by atoms with Crippen LogP contribution in [0.4, 0.5) is 18.9 Å².